The van der Waals surface area contributed by atoms with Crippen LogP contribution in [0, 0.1) is 13.8 Å². The predicted molar refractivity (Wildman–Crippen MR) is 83.3 cm³/mol. The van der Waals surface area contributed by atoms with Crippen LogP contribution in [-0.2, 0) is 18.4 Å². The first-order valence-corrected chi connectivity index (χ1v) is 7.43. The maximum absolute atomic E-state index is 11.1. The van der Waals surface area contributed by atoms with Crippen molar-refractivity contribution < 1.29 is 5.11 Å². The fraction of sp³-hybridized carbons (Fsp3) is 0.333. The van der Waals surface area contributed by atoms with E-state index in [-0.39, 0.29) is 0 Å². The molecule has 1 unspecified atom stereocenters. The lowest BCUT2D eigenvalue weighted by Crippen LogP contribution is -2.25. The highest BCUT2D eigenvalue weighted by atomic mass is 35.5. The molecule has 0 saturated carbocycles. The molecule has 0 radical (unpaired) electrons. The molecule has 20 heavy (non-hydrogen) atoms. The van der Waals surface area contributed by atoms with Gasteiger partial charge in [-0.15, -0.1) is 0 Å². The minimum atomic E-state index is -0.778. The summed E-state index contributed by atoms with van der Waals surface area (Å²) in [5.41, 5.74) is 4.93. The zero-order valence-electron chi connectivity index (χ0n) is 11.9. The molecule has 3 rings (SSSR count). The molecule has 0 saturated heterocycles. The van der Waals surface area contributed by atoms with E-state index in [1.165, 1.54) is 11.1 Å². The fourth-order valence-corrected chi connectivity index (χ4v) is 3.41. The largest absolute Gasteiger partial charge is 0.385 e. The maximum Gasteiger partial charge on any atom is 0.0943 e. The van der Waals surface area contributed by atoms with Crippen LogP contribution in [0.25, 0.3) is 0 Å². The first-order valence-electron chi connectivity index (χ1n) is 7.05. The van der Waals surface area contributed by atoms with Gasteiger partial charge in [0.2, 0.25) is 0 Å². The second kappa shape index (κ2) is 4.91. The van der Waals surface area contributed by atoms with E-state index < -0.39 is 5.60 Å². The SMILES string of the molecule is Cc1ccc(CC2(O)CCc3ccc(C)cc32)c(Cl)c1. The van der Waals surface area contributed by atoms with Crippen molar-refractivity contribution in [2.24, 2.45) is 0 Å². The monoisotopic (exact) mass is 286 g/mol. The molecule has 2 aromatic carbocycles. The number of aliphatic hydroxyl groups is 1. The van der Waals surface area contributed by atoms with Crippen molar-refractivity contribution in [1.29, 1.82) is 0 Å². The van der Waals surface area contributed by atoms with Gasteiger partial charge in [0.15, 0.2) is 0 Å². The van der Waals surface area contributed by atoms with Crippen LogP contribution < -0.4 is 0 Å². The average molecular weight is 287 g/mol. The lowest BCUT2D eigenvalue weighted by molar-refractivity contribution is 0.0389. The third-order valence-electron chi connectivity index (χ3n) is 4.27. The third-order valence-corrected chi connectivity index (χ3v) is 4.62. The Morgan fingerprint density at radius 2 is 1.80 bits per heavy atom. The molecule has 1 aliphatic carbocycles. The molecule has 0 amide bonds. The van der Waals surface area contributed by atoms with Crippen molar-refractivity contribution in [3.05, 3.63) is 69.2 Å². The van der Waals surface area contributed by atoms with E-state index in [0.717, 1.165) is 34.6 Å². The van der Waals surface area contributed by atoms with Crippen molar-refractivity contribution in [2.75, 3.05) is 0 Å². The van der Waals surface area contributed by atoms with E-state index in [9.17, 15) is 5.11 Å². The smallest absolute Gasteiger partial charge is 0.0943 e. The number of fused-ring (bicyclic) bond motifs is 1. The molecule has 0 bridgehead atoms. The van der Waals surface area contributed by atoms with E-state index in [0.29, 0.717) is 6.42 Å². The van der Waals surface area contributed by atoms with Gasteiger partial charge in [-0.2, -0.15) is 0 Å². The highest BCUT2D eigenvalue weighted by Crippen LogP contribution is 2.40. The van der Waals surface area contributed by atoms with Crippen molar-refractivity contribution in [3.63, 3.8) is 0 Å². The average Bonchev–Trinajstić information content (AvgIpc) is 2.71. The molecule has 2 aromatic rings. The van der Waals surface area contributed by atoms with Crippen LogP contribution in [0.15, 0.2) is 36.4 Å². The fourth-order valence-electron chi connectivity index (χ4n) is 3.11. The second-order valence-electron chi connectivity index (χ2n) is 5.96. The van der Waals surface area contributed by atoms with Gasteiger partial charge in [-0.25, -0.2) is 0 Å². The van der Waals surface area contributed by atoms with Crippen LogP contribution in [0.5, 0.6) is 0 Å². The summed E-state index contributed by atoms with van der Waals surface area (Å²) >= 11 is 6.32. The van der Waals surface area contributed by atoms with Gasteiger partial charge in [0, 0.05) is 11.4 Å². The Morgan fingerprint density at radius 1 is 1.10 bits per heavy atom. The van der Waals surface area contributed by atoms with Crippen LogP contribution >= 0.6 is 11.6 Å². The third kappa shape index (κ3) is 2.36. The number of aryl methyl sites for hydroxylation is 3. The quantitative estimate of drug-likeness (QED) is 0.871. The van der Waals surface area contributed by atoms with E-state index >= 15 is 0 Å². The Balaban J connectivity index is 1.97. The summed E-state index contributed by atoms with van der Waals surface area (Å²) in [7, 11) is 0. The topological polar surface area (TPSA) is 20.2 Å². The standard InChI is InChI=1S/C18H19ClO/c1-12-3-5-14-7-8-18(20,16(14)9-12)11-15-6-4-13(2)10-17(15)19/h3-6,9-10,20H,7-8,11H2,1-2H3. The Morgan fingerprint density at radius 3 is 2.55 bits per heavy atom. The molecule has 1 aliphatic rings. The zero-order valence-corrected chi connectivity index (χ0v) is 12.7. The summed E-state index contributed by atoms with van der Waals surface area (Å²) in [4.78, 5) is 0. The van der Waals surface area contributed by atoms with Gasteiger partial charge in [-0.1, -0.05) is 47.5 Å². The first kappa shape index (κ1) is 13.7. The maximum atomic E-state index is 11.1. The predicted octanol–water partition coefficient (Wildman–Crippen LogP) is 4.33. The lowest BCUT2D eigenvalue weighted by atomic mass is 9.88. The molecule has 1 atom stereocenters. The molecule has 0 spiro atoms. The van der Waals surface area contributed by atoms with E-state index in [1.807, 2.05) is 19.1 Å². The second-order valence-corrected chi connectivity index (χ2v) is 6.37. The lowest BCUT2D eigenvalue weighted by Gasteiger charge is -2.25. The summed E-state index contributed by atoms with van der Waals surface area (Å²) in [5.74, 6) is 0. The molecule has 0 heterocycles. The normalized spacial score (nSPS) is 21.0. The van der Waals surface area contributed by atoms with Crippen LogP contribution in [0.1, 0.15) is 34.2 Å². The Kier molecular flexibility index (Phi) is 3.35. The van der Waals surface area contributed by atoms with E-state index in [1.54, 1.807) is 0 Å². The van der Waals surface area contributed by atoms with Crippen LogP contribution in [0.4, 0.5) is 0 Å². The molecular formula is C18H19ClO. The number of benzene rings is 2. The van der Waals surface area contributed by atoms with Crippen molar-refractivity contribution >= 4 is 11.6 Å². The van der Waals surface area contributed by atoms with Gasteiger partial charge in [-0.05, 0) is 55.0 Å². The van der Waals surface area contributed by atoms with Gasteiger partial charge in [0.05, 0.1) is 5.60 Å². The molecule has 0 aromatic heterocycles. The zero-order chi connectivity index (χ0) is 14.3. The molecule has 1 nitrogen and oxygen atoms in total. The Bertz CT molecular complexity index is 662. The van der Waals surface area contributed by atoms with Gasteiger partial charge in [-0.3, -0.25) is 0 Å². The Hall–Kier alpha value is -1.31. The molecule has 2 heteroatoms. The number of rotatable bonds is 2. The first-order chi connectivity index (χ1) is 9.48. The van der Waals surface area contributed by atoms with Crippen molar-refractivity contribution in [1.82, 2.24) is 0 Å². The number of hydrogen-bond donors (Lipinski definition) is 1. The van der Waals surface area contributed by atoms with E-state index in [4.69, 9.17) is 11.6 Å². The van der Waals surface area contributed by atoms with E-state index in [2.05, 4.69) is 31.2 Å². The molecule has 0 aliphatic heterocycles. The van der Waals surface area contributed by atoms with Crippen LogP contribution in [0.2, 0.25) is 5.02 Å². The Labute approximate surface area is 125 Å². The summed E-state index contributed by atoms with van der Waals surface area (Å²) in [6.45, 7) is 4.09. The minimum Gasteiger partial charge on any atom is -0.385 e. The van der Waals surface area contributed by atoms with Crippen molar-refractivity contribution in [2.45, 2.75) is 38.7 Å². The molecule has 104 valence electrons. The summed E-state index contributed by atoms with van der Waals surface area (Å²) in [5, 5.41) is 11.8. The van der Waals surface area contributed by atoms with Crippen LogP contribution in [-0.4, -0.2) is 5.11 Å². The molecule has 0 fully saturated rings. The van der Waals surface area contributed by atoms with Gasteiger partial charge in [0.1, 0.15) is 0 Å². The molecular weight excluding hydrogens is 268 g/mol. The van der Waals surface area contributed by atoms with Crippen LogP contribution in [0.3, 0.4) is 0 Å². The highest BCUT2D eigenvalue weighted by Gasteiger charge is 2.37. The van der Waals surface area contributed by atoms with Gasteiger partial charge < -0.3 is 5.11 Å². The van der Waals surface area contributed by atoms with Gasteiger partial charge in [0.25, 0.3) is 0 Å². The summed E-state index contributed by atoms with van der Waals surface area (Å²) < 4.78 is 0. The number of halogens is 1. The van der Waals surface area contributed by atoms with Crippen molar-refractivity contribution in [3.8, 4) is 0 Å². The number of hydrogen-bond acceptors (Lipinski definition) is 1. The minimum absolute atomic E-state index is 0.586. The summed E-state index contributed by atoms with van der Waals surface area (Å²) in [6, 6.07) is 12.4. The summed E-state index contributed by atoms with van der Waals surface area (Å²) in [6.07, 6.45) is 2.30. The van der Waals surface area contributed by atoms with Gasteiger partial charge >= 0.3 is 0 Å². The highest BCUT2D eigenvalue weighted by molar-refractivity contribution is 6.31. The molecule has 1 N–H and O–H groups in total.